The average molecular weight is 379 g/mol. The summed E-state index contributed by atoms with van der Waals surface area (Å²) in [6.45, 7) is 6.84. The molecule has 0 bridgehead atoms. The Labute approximate surface area is 157 Å². The first-order valence-corrected chi connectivity index (χ1v) is 8.99. The SMILES string of the molecule is CC(C)(C)OC(=O)N1CCC(Oc2ccc(Cl)c(-n3cncn3)c2)CC1. The zero-order chi connectivity index (χ0) is 18.7. The summed E-state index contributed by atoms with van der Waals surface area (Å²) >= 11 is 6.23. The predicted molar refractivity (Wildman–Crippen MR) is 97.8 cm³/mol. The van der Waals surface area contributed by atoms with Gasteiger partial charge in [0.25, 0.3) is 0 Å². The summed E-state index contributed by atoms with van der Waals surface area (Å²) < 4.78 is 13.1. The molecule has 1 aromatic heterocycles. The van der Waals surface area contributed by atoms with Gasteiger partial charge in [-0.15, -0.1) is 0 Å². The van der Waals surface area contributed by atoms with Crippen LogP contribution in [-0.2, 0) is 4.74 Å². The number of halogens is 1. The van der Waals surface area contributed by atoms with Crippen molar-refractivity contribution in [3.05, 3.63) is 35.9 Å². The highest BCUT2D eigenvalue weighted by atomic mass is 35.5. The molecule has 7 nitrogen and oxygen atoms in total. The fraction of sp³-hybridized carbons (Fsp3) is 0.500. The fourth-order valence-electron chi connectivity index (χ4n) is 2.75. The molecular weight excluding hydrogens is 356 g/mol. The molecular formula is C18H23ClN4O3. The van der Waals surface area contributed by atoms with E-state index < -0.39 is 5.60 Å². The number of ether oxygens (including phenoxy) is 2. The summed E-state index contributed by atoms with van der Waals surface area (Å²) in [6, 6.07) is 5.46. The van der Waals surface area contributed by atoms with Crippen molar-refractivity contribution in [3.63, 3.8) is 0 Å². The van der Waals surface area contributed by atoms with Crippen molar-refractivity contribution in [1.29, 1.82) is 0 Å². The molecule has 1 amide bonds. The molecule has 1 fully saturated rings. The van der Waals surface area contributed by atoms with Crippen molar-refractivity contribution in [2.45, 2.75) is 45.3 Å². The van der Waals surface area contributed by atoms with E-state index in [1.165, 1.54) is 6.33 Å². The van der Waals surface area contributed by atoms with E-state index in [1.54, 1.807) is 22.0 Å². The first kappa shape index (κ1) is 18.5. The summed E-state index contributed by atoms with van der Waals surface area (Å²) in [6.07, 6.45) is 4.32. The maximum atomic E-state index is 12.1. The lowest BCUT2D eigenvalue weighted by atomic mass is 10.1. The van der Waals surface area contributed by atoms with Crippen LogP contribution in [-0.4, -0.2) is 50.6 Å². The van der Waals surface area contributed by atoms with E-state index in [0.717, 1.165) is 18.6 Å². The van der Waals surface area contributed by atoms with Gasteiger partial charge in [0.1, 0.15) is 30.1 Å². The predicted octanol–water partition coefficient (Wildman–Crippen LogP) is 3.70. The number of carbonyl (C=O) groups is 1. The summed E-state index contributed by atoms with van der Waals surface area (Å²) in [5, 5.41) is 4.67. The summed E-state index contributed by atoms with van der Waals surface area (Å²) in [5.74, 6) is 0.718. The molecule has 1 aliphatic rings. The summed E-state index contributed by atoms with van der Waals surface area (Å²) in [7, 11) is 0. The van der Waals surface area contributed by atoms with Gasteiger partial charge < -0.3 is 14.4 Å². The van der Waals surface area contributed by atoms with Crippen LogP contribution in [0.5, 0.6) is 5.75 Å². The standard InChI is InChI=1S/C18H23ClN4O3/c1-18(2,3)26-17(24)22-8-6-13(7-9-22)25-14-4-5-15(19)16(10-14)23-12-20-11-21-23/h4-5,10-13H,6-9H2,1-3H3. The molecule has 0 unspecified atom stereocenters. The van der Waals surface area contributed by atoms with Crippen LogP contribution in [0.25, 0.3) is 5.69 Å². The average Bonchev–Trinajstić information content (AvgIpc) is 3.10. The molecule has 1 aromatic carbocycles. The van der Waals surface area contributed by atoms with Gasteiger partial charge in [-0.1, -0.05) is 11.6 Å². The van der Waals surface area contributed by atoms with Crippen molar-refractivity contribution < 1.29 is 14.3 Å². The molecule has 26 heavy (non-hydrogen) atoms. The molecule has 0 aliphatic carbocycles. The Morgan fingerprint density at radius 1 is 1.27 bits per heavy atom. The number of piperidine rings is 1. The Bertz CT molecular complexity index is 750. The zero-order valence-electron chi connectivity index (χ0n) is 15.2. The van der Waals surface area contributed by atoms with Crippen LogP contribution in [0.2, 0.25) is 5.02 Å². The lowest BCUT2D eigenvalue weighted by molar-refractivity contribution is 0.0126. The van der Waals surface area contributed by atoms with Crippen molar-refractivity contribution in [3.8, 4) is 11.4 Å². The second-order valence-electron chi connectivity index (χ2n) is 7.24. The van der Waals surface area contributed by atoms with Crippen LogP contribution < -0.4 is 4.74 Å². The Balaban J connectivity index is 1.58. The van der Waals surface area contributed by atoms with E-state index in [1.807, 2.05) is 32.9 Å². The van der Waals surface area contributed by atoms with Gasteiger partial charge in [-0.2, -0.15) is 5.10 Å². The van der Waals surface area contributed by atoms with Crippen LogP contribution >= 0.6 is 11.6 Å². The highest BCUT2D eigenvalue weighted by Crippen LogP contribution is 2.27. The minimum atomic E-state index is -0.481. The van der Waals surface area contributed by atoms with E-state index in [2.05, 4.69) is 10.1 Å². The number of aromatic nitrogens is 3. The Hall–Kier alpha value is -2.28. The van der Waals surface area contributed by atoms with Gasteiger partial charge in [-0.3, -0.25) is 0 Å². The lowest BCUT2D eigenvalue weighted by Gasteiger charge is -2.33. The lowest BCUT2D eigenvalue weighted by Crippen LogP contribution is -2.44. The molecule has 3 rings (SSSR count). The van der Waals surface area contributed by atoms with Crippen LogP contribution in [0.3, 0.4) is 0 Å². The molecule has 0 spiro atoms. The third-order valence-corrected chi connectivity index (χ3v) is 4.30. The number of hydrogen-bond acceptors (Lipinski definition) is 5. The molecule has 140 valence electrons. The van der Waals surface area contributed by atoms with Crippen LogP contribution in [0, 0.1) is 0 Å². The van der Waals surface area contributed by atoms with Gasteiger partial charge in [0.2, 0.25) is 0 Å². The second-order valence-corrected chi connectivity index (χ2v) is 7.65. The van der Waals surface area contributed by atoms with Gasteiger partial charge in [0, 0.05) is 32.0 Å². The van der Waals surface area contributed by atoms with Crippen LogP contribution in [0.1, 0.15) is 33.6 Å². The molecule has 1 aliphatic heterocycles. The first-order valence-electron chi connectivity index (χ1n) is 8.61. The van der Waals surface area contributed by atoms with E-state index in [0.29, 0.717) is 23.8 Å². The smallest absolute Gasteiger partial charge is 0.410 e. The maximum Gasteiger partial charge on any atom is 0.410 e. The third-order valence-electron chi connectivity index (χ3n) is 3.98. The van der Waals surface area contributed by atoms with Gasteiger partial charge in [0.05, 0.1) is 10.7 Å². The number of carbonyl (C=O) groups excluding carboxylic acids is 1. The summed E-state index contributed by atoms with van der Waals surface area (Å²) in [4.78, 5) is 17.8. The molecule has 0 saturated carbocycles. The number of likely N-dealkylation sites (tertiary alicyclic amines) is 1. The van der Waals surface area contributed by atoms with Gasteiger partial charge in [-0.25, -0.2) is 14.5 Å². The van der Waals surface area contributed by atoms with E-state index >= 15 is 0 Å². The number of hydrogen-bond donors (Lipinski definition) is 0. The van der Waals surface area contributed by atoms with E-state index in [-0.39, 0.29) is 12.2 Å². The largest absolute Gasteiger partial charge is 0.490 e. The van der Waals surface area contributed by atoms with Crippen LogP contribution in [0.4, 0.5) is 4.79 Å². The van der Waals surface area contributed by atoms with E-state index in [9.17, 15) is 4.79 Å². The molecule has 1 saturated heterocycles. The van der Waals surface area contributed by atoms with Gasteiger partial charge >= 0.3 is 6.09 Å². The fourth-order valence-corrected chi connectivity index (χ4v) is 2.95. The number of amides is 1. The molecule has 8 heteroatoms. The minimum Gasteiger partial charge on any atom is -0.490 e. The van der Waals surface area contributed by atoms with Crippen LogP contribution in [0.15, 0.2) is 30.9 Å². The maximum absolute atomic E-state index is 12.1. The molecule has 2 heterocycles. The number of nitrogens with zero attached hydrogens (tertiary/aromatic N) is 4. The van der Waals surface area contributed by atoms with Crippen molar-refractivity contribution >= 4 is 17.7 Å². The minimum absolute atomic E-state index is 0.0402. The topological polar surface area (TPSA) is 69.5 Å². The Morgan fingerprint density at radius 2 is 2.00 bits per heavy atom. The highest BCUT2D eigenvalue weighted by molar-refractivity contribution is 6.32. The highest BCUT2D eigenvalue weighted by Gasteiger charge is 2.27. The number of benzene rings is 1. The van der Waals surface area contributed by atoms with Gasteiger partial charge in [0.15, 0.2) is 0 Å². The molecule has 0 radical (unpaired) electrons. The number of rotatable bonds is 3. The first-order chi connectivity index (χ1) is 12.3. The van der Waals surface area contributed by atoms with E-state index in [4.69, 9.17) is 21.1 Å². The summed E-state index contributed by atoms with van der Waals surface area (Å²) in [5.41, 5.74) is 0.235. The monoisotopic (exact) mass is 378 g/mol. The Kier molecular flexibility index (Phi) is 5.36. The molecule has 0 atom stereocenters. The molecule has 0 N–H and O–H groups in total. The van der Waals surface area contributed by atoms with Crippen molar-refractivity contribution in [2.75, 3.05) is 13.1 Å². The van der Waals surface area contributed by atoms with Crippen molar-refractivity contribution in [2.24, 2.45) is 0 Å². The molecule has 2 aromatic rings. The third kappa shape index (κ3) is 4.66. The van der Waals surface area contributed by atoms with Crippen molar-refractivity contribution in [1.82, 2.24) is 19.7 Å². The Morgan fingerprint density at radius 3 is 2.62 bits per heavy atom. The zero-order valence-corrected chi connectivity index (χ0v) is 15.9. The second kappa shape index (κ2) is 7.53. The normalized spacial score (nSPS) is 15.8. The quantitative estimate of drug-likeness (QED) is 0.814. The van der Waals surface area contributed by atoms with Gasteiger partial charge in [-0.05, 0) is 32.9 Å².